The van der Waals surface area contributed by atoms with Crippen molar-refractivity contribution in [3.63, 3.8) is 0 Å². The van der Waals surface area contributed by atoms with Crippen molar-refractivity contribution in [3.05, 3.63) is 46.0 Å². The normalized spacial score (nSPS) is 18.0. The van der Waals surface area contributed by atoms with Gasteiger partial charge in [-0.25, -0.2) is 0 Å². The van der Waals surface area contributed by atoms with E-state index in [9.17, 15) is 0 Å². The Bertz CT molecular complexity index is 532. The average Bonchev–Trinajstić information content (AvgIpc) is 3.16. The summed E-state index contributed by atoms with van der Waals surface area (Å²) in [7, 11) is 0. The monoisotopic (exact) mass is 306 g/mol. The molecule has 2 aromatic heterocycles. The molecule has 0 spiro atoms. The lowest BCUT2D eigenvalue weighted by Crippen LogP contribution is -2.42. The molecule has 1 unspecified atom stereocenters. The highest BCUT2D eigenvalue weighted by molar-refractivity contribution is 7.12. The molecule has 0 radical (unpaired) electrons. The summed E-state index contributed by atoms with van der Waals surface area (Å²) in [6.45, 7) is 7.55. The van der Waals surface area contributed by atoms with Crippen LogP contribution in [0.5, 0.6) is 0 Å². The molecule has 1 fully saturated rings. The summed E-state index contributed by atoms with van der Waals surface area (Å²) in [6.07, 6.45) is 1.72. The van der Waals surface area contributed by atoms with E-state index in [1.54, 1.807) is 6.26 Å². The van der Waals surface area contributed by atoms with Gasteiger partial charge < -0.3 is 14.5 Å². The van der Waals surface area contributed by atoms with Gasteiger partial charge in [0.15, 0.2) is 0 Å². The third kappa shape index (κ3) is 3.95. The summed E-state index contributed by atoms with van der Waals surface area (Å²) >= 11 is 1.89. The third-order valence-electron chi connectivity index (χ3n) is 3.79. The van der Waals surface area contributed by atoms with Crippen LogP contribution in [0, 0.1) is 6.92 Å². The Morgan fingerprint density at radius 1 is 1.29 bits per heavy atom. The van der Waals surface area contributed by atoms with Crippen LogP contribution < -0.4 is 5.32 Å². The van der Waals surface area contributed by atoms with Gasteiger partial charge in [-0.3, -0.25) is 4.90 Å². The molecule has 21 heavy (non-hydrogen) atoms. The van der Waals surface area contributed by atoms with E-state index in [1.165, 1.54) is 9.75 Å². The molecule has 0 saturated carbocycles. The molecular weight excluding hydrogens is 284 g/mol. The SMILES string of the molecule is Cc1ccc(C(CNCc2ccco2)N2CCOCC2)s1. The third-order valence-corrected chi connectivity index (χ3v) is 4.89. The highest BCUT2D eigenvalue weighted by Crippen LogP contribution is 2.27. The Morgan fingerprint density at radius 3 is 2.81 bits per heavy atom. The number of ether oxygens (including phenoxy) is 1. The molecule has 2 aromatic rings. The number of nitrogens with zero attached hydrogens (tertiary/aromatic N) is 1. The summed E-state index contributed by atoms with van der Waals surface area (Å²) in [6, 6.07) is 8.82. The van der Waals surface area contributed by atoms with Crippen LogP contribution in [0.25, 0.3) is 0 Å². The Kier molecular flexibility index (Phi) is 5.08. The summed E-state index contributed by atoms with van der Waals surface area (Å²) < 4.78 is 10.9. The van der Waals surface area contributed by atoms with Gasteiger partial charge in [0.2, 0.25) is 0 Å². The number of morpholine rings is 1. The van der Waals surface area contributed by atoms with E-state index >= 15 is 0 Å². The Balaban J connectivity index is 1.63. The number of hydrogen-bond donors (Lipinski definition) is 1. The minimum atomic E-state index is 0.419. The van der Waals surface area contributed by atoms with Crippen molar-refractivity contribution in [1.29, 1.82) is 0 Å². The van der Waals surface area contributed by atoms with Crippen molar-refractivity contribution < 1.29 is 9.15 Å². The zero-order valence-electron chi connectivity index (χ0n) is 12.4. The second-order valence-electron chi connectivity index (χ2n) is 5.32. The van der Waals surface area contributed by atoms with Gasteiger partial charge in [-0.1, -0.05) is 0 Å². The first-order chi connectivity index (χ1) is 10.3. The summed E-state index contributed by atoms with van der Waals surface area (Å²) in [4.78, 5) is 5.32. The lowest BCUT2D eigenvalue weighted by Gasteiger charge is -2.34. The van der Waals surface area contributed by atoms with Crippen LogP contribution in [0.1, 0.15) is 21.6 Å². The maximum absolute atomic E-state index is 5.48. The average molecular weight is 306 g/mol. The molecule has 3 heterocycles. The maximum atomic E-state index is 5.48. The number of hydrogen-bond acceptors (Lipinski definition) is 5. The molecule has 0 aliphatic carbocycles. The van der Waals surface area contributed by atoms with E-state index in [-0.39, 0.29) is 0 Å². The lowest BCUT2D eigenvalue weighted by atomic mass is 10.2. The van der Waals surface area contributed by atoms with Crippen LogP contribution in [-0.2, 0) is 11.3 Å². The summed E-state index contributed by atoms with van der Waals surface area (Å²) in [5, 5.41) is 3.52. The van der Waals surface area contributed by atoms with Gasteiger partial charge in [0, 0.05) is 29.4 Å². The molecule has 0 bridgehead atoms. The molecule has 3 rings (SSSR count). The highest BCUT2D eigenvalue weighted by atomic mass is 32.1. The molecule has 1 atom stereocenters. The van der Waals surface area contributed by atoms with Crippen LogP contribution in [0.3, 0.4) is 0 Å². The fraction of sp³-hybridized carbons (Fsp3) is 0.500. The first-order valence-electron chi connectivity index (χ1n) is 7.44. The zero-order valence-corrected chi connectivity index (χ0v) is 13.2. The largest absolute Gasteiger partial charge is 0.468 e. The van der Waals surface area contributed by atoms with E-state index < -0.39 is 0 Å². The first-order valence-corrected chi connectivity index (χ1v) is 8.26. The van der Waals surface area contributed by atoms with Crippen LogP contribution >= 0.6 is 11.3 Å². The van der Waals surface area contributed by atoms with Gasteiger partial charge in [0.25, 0.3) is 0 Å². The molecule has 1 aliphatic heterocycles. The minimum Gasteiger partial charge on any atom is -0.468 e. The second kappa shape index (κ2) is 7.22. The van der Waals surface area contributed by atoms with Crippen molar-refractivity contribution in [3.8, 4) is 0 Å². The van der Waals surface area contributed by atoms with Crippen molar-refractivity contribution >= 4 is 11.3 Å². The van der Waals surface area contributed by atoms with Gasteiger partial charge in [-0.2, -0.15) is 0 Å². The van der Waals surface area contributed by atoms with Gasteiger partial charge >= 0.3 is 0 Å². The molecule has 1 aliphatic rings. The minimum absolute atomic E-state index is 0.419. The summed E-state index contributed by atoms with van der Waals surface area (Å²) in [5.41, 5.74) is 0. The molecule has 5 heteroatoms. The fourth-order valence-corrected chi connectivity index (χ4v) is 3.69. The maximum Gasteiger partial charge on any atom is 0.117 e. The molecular formula is C16H22N2O2S. The van der Waals surface area contributed by atoms with Crippen LogP contribution in [0.4, 0.5) is 0 Å². The highest BCUT2D eigenvalue weighted by Gasteiger charge is 2.23. The van der Waals surface area contributed by atoms with E-state index in [0.29, 0.717) is 6.04 Å². The quantitative estimate of drug-likeness (QED) is 0.890. The van der Waals surface area contributed by atoms with Gasteiger partial charge in [-0.15, -0.1) is 11.3 Å². The predicted octanol–water partition coefficient (Wildman–Crippen LogP) is 2.81. The van der Waals surface area contributed by atoms with E-state index in [0.717, 1.165) is 45.2 Å². The van der Waals surface area contributed by atoms with Crippen molar-refractivity contribution in [2.24, 2.45) is 0 Å². The zero-order chi connectivity index (χ0) is 14.5. The van der Waals surface area contributed by atoms with Gasteiger partial charge in [0.05, 0.1) is 32.1 Å². The number of aryl methyl sites for hydroxylation is 1. The van der Waals surface area contributed by atoms with E-state index in [1.807, 2.05) is 23.5 Å². The molecule has 114 valence electrons. The smallest absolute Gasteiger partial charge is 0.117 e. The molecule has 0 aromatic carbocycles. The number of thiophene rings is 1. The van der Waals surface area contributed by atoms with Crippen molar-refractivity contribution in [1.82, 2.24) is 10.2 Å². The number of nitrogens with one attached hydrogen (secondary N) is 1. The van der Waals surface area contributed by atoms with Crippen molar-refractivity contribution in [2.45, 2.75) is 19.5 Å². The number of furan rings is 1. The Labute approximate surface area is 129 Å². The van der Waals surface area contributed by atoms with Gasteiger partial charge in [-0.05, 0) is 31.2 Å². The first kappa shape index (κ1) is 14.8. The Morgan fingerprint density at radius 2 is 2.14 bits per heavy atom. The predicted molar refractivity (Wildman–Crippen MR) is 84.6 cm³/mol. The van der Waals surface area contributed by atoms with E-state index in [4.69, 9.17) is 9.15 Å². The topological polar surface area (TPSA) is 37.6 Å². The number of rotatable bonds is 6. The second-order valence-corrected chi connectivity index (χ2v) is 6.64. The summed E-state index contributed by atoms with van der Waals surface area (Å²) in [5.74, 6) is 0.984. The fourth-order valence-electron chi connectivity index (χ4n) is 2.68. The molecule has 1 saturated heterocycles. The lowest BCUT2D eigenvalue weighted by molar-refractivity contribution is 0.0167. The van der Waals surface area contributed by atoms with Crippen LogP contribution in [0.2, 0.25) is 0 Å². The molecule has 0 amide bonds. The van der Waals surface area contributed by atoms with Crippen LogP contribution in [0.15, 0.2) is 34.9 Å². The Hall–Kier alpha value is -1.14. The van der Waals surface area contributed by atoms with Crippen molar-refractivity contribution in [2.75, 3.05) is 32.8 Å². The molecule has 1 N–H and O–H groups in total. The van der Waals surface area contributed by atoms with Crippen LogP contribution in [-0.4, -0.2) is 37.7 Å². The van der Waals surface area contributed by atoms with E-state index in [2.05, 4.69) is 29.3 Å². The molecule has 4 nitrogen and oxygen atoms in total. The van der Waals surface area contributed by atoms with Gasteiger partial charge in [0.1, 0.15) is 5.76 Å². The standard InChI is InChI=1S/C16H22N2O2S/c1-13-4-5-16(21-13)15(18-6-9-19-10-7-18)12-17-11-14-3-2-8-20-14/h2-5,8,15,17H,6-7,9-12H2,1H3.